The van der Waals surface area contributed by atoms with E-state index >= 15 is 0 Å². The summed E-state index contributed by atoms with van der Waals surface area (Å²) in [4.78, 5) is 12.6. The first-order chi connectivity index (χ1) is 13.4. The summed E-state index contributed by atoms with van der Waals surface area (Å²) in [5, 5.41) is 2.96. The van der Waals surface area contributed by atoms with Crippen LogP contribution < -0.4 is 10.1 Å². The van der Waals surface area contributed by atoms with Crippen molar-refractivity contribution in [2.75, 3.05) is 12.9 Å². The number of benzene rings is 2. The molecule has 0 saturated heterocycles. The molecule has 1 N–H and O–H groups in total. The highest BCUT2D eigenvalue weighted by atomic mass is 32.2. The smallest absolute Gasteiger partial charge is 0.258 e. The van der Waals surface area contributed by atoms with Gasteiger partial charge in [0.15, 0.2) is 16.4 Å². The lowest BCUT2D eigenvalue weighted by molar-refractivity contribution is -0.123. The maximum atomic E-state index is 12.3. The van der Waals surface area contributed by atoms with Crippen LogP contribution in [0.15, 0.2) is 47.4 Å². The molecular formula is C22H27NO4S. The molecule has 1 aliphatic carbocycles. The van der Waals surface area contributed by atoms with Gasteiger partial charge < -0.3 is 10.1 Å². The van der Waals surface area contributed by atoms with Gasteiger partial charge in [0.2, 0.25) is 0 Å². The van der Waals surface area contributed by atoms with Crippen molar-refractivity contribution >= 4 is 15.7 Å². The Kier molecular flexibility index (Phi) is 6.39. The Labute approximate surface area is 167 Å². The molecule has 6 heteroatoms. The number of nitrogens with one attached hydrogen (secondary N) is 1. The summed E-state index contributed by atoms with van der Waals surface area (Å²) in [6, 6.07) is 12.5. The summed E-state index contributed by atoms with van der Waals surface area (Å²) < 4.78 is 28.9. The minimum atomic E-state index is -3.23. The van der Waals surface area contributed by atoms with Crippen LogP contribution in [0.25, 0.3) is 0 Å². The molecular weight excluding hydrogens is 374 g/mol. The Balaban J connectivity index is 1.58. The molecule has 0 unspecified atom stereocenters. The van der Waals surface area contributed by atoms with Gasteiger partial charge in [0, 0.05) is 6.26 Å². The first-order valence-corrected chi connectivity index (χ1v) is 11.6. The van der Waals surface area contributed by atoms with Gasteiger partial charge in [-0.15, -0.1) is 0 Å². The maximum absolute atomic E-state index is 12.3. The number of fused-ring (bicyclic) bond motifs is 1. The molecule has 0 aliphatic heterocycles. The van der Waals surface area contributed by atoms with Crippen LogP contribution in [0.2, 0.25) is 0 Å². The molecule has 1 atom stereocenters. The first-order valence-electron chi connectivity index (χ1n) is 9.71. The zero-order valence-electron chi connectivity index (χ0n) is 16.4. The third-order valence-corrected chi connectivity index (χ3v) is 6.27. The second-order valence-corrected chi connectivity index (χ2v) is 9.31. The minimum Gasteiger partial charge on any atom is -0.484 e. The number of ether oxygens (including phenoxy) is 1. The van der Waals surface area contributed by atoms with E-state index in [1.165, 1.54) is 30.2 Å². The van der Waals surface area contributed by atoms with E-state index in [-0.39, 0.29) is 23.5 Å². The van der Waals surface area contributed by atoms with E-state index in [9.17, 15) is 13.2 Å². The minimum absolute atomic E-state index is 0.0449. The zero-order valence-corrected chi connectivity index (χ0v) is 17.2. The monoisotopic (exact) mass is 401 g/mol. The van der Waals surface area contributed by atoms with Crippen molar-refractivity contribution in [3.05, 3.63) is 59.2 Å². The van der Waals surface area contributed by atoms with Gasteiger partial charge in [0.25, 0.3) is 5.91 Å². The van der Waals surface area contributed by atoms with Gasteiger partial charge in [-0.1, -0.05) is 25.1 Å². The van der Waals surface area contributed by atoms with E-state index in [1.54, 1.807) is 24.3 Å². The number of sulfone groups is 1. The van der Waals surface area contributed by atoms with Gasteiger partial charge >= 0.3 is 0 Å². The van der Waals surface area contributed by atoms with Crippen molar-refractivity contribution in [3.8, 4) is 5.75 Å². The van der Waals surface area contributed by atoms with Gasteiger partial charge in [-0.2, -0.15) is 0 Å². The predicted molar refractivity (Wildman–Crippen MR) is 109 cm³/mol. The number of hydrogen-bond acceptors (Lipinski definition) is 4. The molecule has 0 fully saturated rings. The van der Waals surface area contributed by atoms with Crippen LogP contribution in [0.4, 0.5) is 0 Å². The van der Waals surface area contributed by atoms with Crippen LogP contribution in [0, 0.1) is 0 Å². The molecule has 0 heterocycles. The molecule has 3 rings (SSSR count). The third kappa shape index (κ3) is 5.13. The normalized spacial score (nSPS) is 14.8. The summed E-state index contributed by atoms with van der Waals surface area (Å²) >= 11 is 0. The Morgan fingerprint density at radius 1 is 1.07 bits per heavy atom. The van der Waals surface area contributed by atoms with Gasteiger partial charge in [0.05, 0.1) is 10.9 Å². The van der Waals surface area contributed by atoms with Crippen LogP contribution >= 0.6 is 0 Å². The molecule has 0 saturated carbocycles. The molecule has 150 valence electrons. The second-order valence-electron chi connectivity index (χ2n) is 7.30. The molecule has 28 heavy (non-hydrogen) atoms. The highest BCUT2D eigenvalue weighted by Crippen LogP contribution is 2.25. The Hall–Kier alpha value is -2.34. The quantitative estimate of drug-likeness (QED) is 0.769. The summed E-state index contributed by atoms with van der Waals surface area (Å²) in [5.74, 6) is 0.526. The van der Waals surface area contributed by atoms with Gasteiger partial charge in [-0.25, -0.2) is 8.42 Å². The van der Waals surface area contributed by atoms with Gasteiger partial charge in [0.1, 0.15) is 5.75 Å². The molecule has 0 radical (unpaired) electrons. The fourth-order valence-corrected chi connectivity index (χ4v) is 4.18. The summed E-state index contributed by atoms with van der Waals surface area (Å²) in [6.07, 6.45) is 6.50. The van der Waals surface area contributed by atoms with Crippen LogP contribution in [0.1, 0.15) is 48.9 Å². The molecule has 0 aromatic heterocycles. The molecule has 5 nitrogen and oxygen atoms in total. The van der Waals surface area contributed by atoms with Crippen molar-refractivity contribution in [3.63, 3.8) is 0 Å². The lowest BCUT2D eigenvalue weighted by Crippen LogP contribution is -2.32. The Bertz CT molecular complexity index is 936. The fraction of sp³-hybridized carbons (Fsp3) is 0.409. The maximum Gasteiger partial charge on any atom is 0.258 e. The highest BCUT2D eigenvalue weighted by Gasteiger charge is 2.15. The summed E-state index contributed by atoms with van der Waals surface area (Å²) in [7, 11) is -3.23. The Morgan fingerprint density at radius 3 is 2.39 bits per heavy atom. The number of amides is 1. The molecule has 2 aromatic carbocycles. The second kappa shape index (κ2) is 8.78. The molecule has 1 aliphatic rings. The number of aryl methyl sites for hydroxylation is 2. The summed E-state index contributed by atoms with van der Waals surface area (Å²) in [6.45, 7) is 1.93. The first kappa shape index (κ1) is 20.4. The predicted octanol–water partition coefficient (Wildman–Crippen LogP) is 3.62. The fourth-order valence-electron chi connectivity index (χ4n) is 3.55. The van der Waals surface area contributed by atoms with E-state index in [0.29, 0.717) is 6.42 Å². The largest absolute Gasteiger partial charge is 0.484 e. The van der Waals surface area contributed by atoms with Gasteiger partial charge in [-0.05, 0) is 73.1 Å². The average molecular weight is 402 g/mol. The highest BCUT2D eigenvalue weighted by molar-refractivity contribution is 7.90. The SMILES string of the molecule is CC[C@H](NC(=O)COc1ccc2c(c1)CCCC2)c1ccc(S(C)(=O)=O)cc1. The third-order valence-electron chi connectivity index (χ3n) is 5.14. The van der Waals surface area contributed by atoms with Crippen LogP contribution in [-0.4, -0.2) is 27.2 Å². The van der Waals surface area contributed by atoms with Crippen molar-refractivity contribution in [1.29, 1.82) is 0 Å². The molecule has 1 amide bonds. The zero-order chi connectivity index (χ0) is 20.1. The summed E-state index contributed by atoms with van der Waals surface area (Å²) in [5.41, 5.74) is 3.57. The van der Waals surface area contributed by atoms with Crippen molar-refractivity contribution in [2.24, 2.45) is 0 Å². The topological polar surface area (TPSA) is 72.5 Å². The lowest BCUT2D eigenvalue weighted by Gasteiger charge is -2.19. The van der Waals surface area contributed by atoms with Crippen molar-refractivity contribution in [1.82, 2.24) is 5.32 Å². The number of rotatable bonds is 7. The molecule has 0 spiro atoms. The van der Waals surface area contributed by atoms with Crippen LogP contribution in [-0.2, 0) is 27.5 Å². The van der Waals surface area contributed by atoms with E-state index in [1.807, 2.05) is 19.1 Å². The van der Waals surface area contributed by atoms with Crippen LogP contribution in [0.5, 0.6) is 5.75 Å². The number of carbonyl (C=O) groups excluding carboxylic acids is 1. The van der Waals surface area contributed by atoms with Crippen molar-refractivity contribution in [2.45, 2.75) is 50.0 Å². The Morgan fingerprint density at radius 2 is 1.75 bits per heavy atom. The van der Waals surface area contributed by atoms with Crippen LogP contribution in [0.3, 0.4) is 0 Å². The van der Waals surface area contributed by atoms with E-state index in [2.05, 4.69) is 11.4 Å². The number of carbonyl (C=O) groups is 1. The molecule has 0 bridgehead atoms. The van der Waals surface area contributed by atoms with E-state index in [4.69, 9.17) is 4.74 Å². The average Bonchev–Trinajstić information content (AvgIpc) is 2.69. The van der Waals surface area contributed by atoms with Crippen molar-refractivity contribution < 1.29 is 17.9 Å². The standard InChI is InChI=1S/C22H27NO4S/c1-3-21(17-9-12-20(13-10-17)28(2,25)26)23-22(24)15-27-19-11-8-16-6-4-5-7-18(16)14-19/h8-14,21H,3-7,15H2,1-2H3,(H,23,24)/t21-/m0/s1. The van der Waals surface area contributed by atoms with E-state index in [0.717, 1.165) is 24.2 Å². The lowest BCUT2D eigenvalue weighted by atomic mass is 9.92. The molecule has 2 aromatic rings. The van der Waals surface area contributed by atoms with E-state index < -0.39 is 9.84 Å². The van der Waals surface area contributed by atoms with Gasteiger partial charge in [-0.3, -0.25) is 4.79 Å². The number of hydrogen-bond donors (Lipinski definition) is 1.